The van der Waals surface area contributed by atoms with Crippen LogP contribution in [0.3, 0.4) is 0 Å². The van der Waals surface area contributed by atoms with Gasteiger partial charge in [-0.05, 0) is 0 Å². The van der Waals surface area contributed by atoms with E-state index in [1.54, 1.807) is 0 Å². The van der Waals surface area contributed by atoms with E-state index >= 15 is 0 Å². The molecule has 4 heteroatoms. The molecule has 2 aromatic rings. The first kappa shape index (κ1) is 8.48. The minimum atomic E-state index is -0.0477. The molecule has 0 aliphatic heterocycles. The number of carbonyl (C=O) groups is 1. The van der Waals surface area contributed by atoms with Gasteiger partial charge in [-0.3, -0.25) is 0 Å². The van der Waals surface area contributed by atoms with Crippen molar-refractivity contribution in [2.75, 3.05) is 5.32 Å². The molecule has 0 atom stereocenters. The van der Waals surface area contributed by atoms with Crippen molar-refractivity contribution in [2.45, 2.75) is 6.92 Å². The molecule has 1 aromatic heterocycles. The molecular formula is C9H8N2OSe. The molecule has 3 nitrogen and oxygen atoms in total. The maximum absolute atomic E-state index is 10.8. The number of amides is 1. The summed E-state index contributed by atoms with van der Waals surface area (Å²) in [7, 11) is 0. The van der Waals surface area contributed by atoms with Crippen molar-refractivity contribution < 1.29 is 4.79 Å². The standard InChI is InChI=1S/C9H8N2OSe/c1-6(12)10-9-11-7-4-2-3-5-8(7)13-9/h2-5H,1H3,(H,10,11,12). The Kier molecular flexibility index (Phi) is 2.17. The van der Waals surface area contributed by atoms with E-state index in [9.17, 15) is 4.79 Å². The summed E-state index contributed by atoms with van der Waals surface area (Å²) in [5.41, 5.74) is 0.992. The van der Waals surface area contributed by atoms with E-state index in [4.69, 9.17) is 0 Å². The molecule has 0 bridgehead atoms. The monoisotopic (exact) mass is 240 g/mol. The molecule has 0 saturated carbocycles. The van der Waals surface area contributed by atoms with Crippen molar-refractivity contribution in [1.29, 1.82) is 0 Å². The Hall–Kier alpha value is -1.12. The number of nitrogens with zero attached hydrogens (tertiary/aromatic N) is 1. The molecule has 1 amide bonds. The van der Waals surface area contributed by atoms with Gasteiger partial charge in [0.15, 0.2) is 0 Å². The second-order valence-corrected chi connectivity index (χ2v) is 4.83. The van der Waals surface area contributed by atoms with Gasteiger partial charge in [-0.25, -0.2) is 0 Å². The van der Waals surface area contributed by atoms with Crippen LogP contribution >= 0.6 is 0 Å². The Labute approximate surface area is 81.5 Å². The molecule has 0 aliphatic rings. The van der Waals surface area contributed by atoms with Gasteiger partial charge in [0, 0.05) is 0 Å². The third kappa shape index (κ3) is 1.79. The summed E-state index contributed by atoms with van der Waals surface area (Å²) in [6.45, 7) is 1.50. The molecule has 0 spiro atoms. The first-order chi connectivity index (χ1) is 6.25. The number of para-hydroxylation sites is 1. The predicted octanol–water partition coefficient (Wildman–Crippen LogP) is 1.25. The zero-order valence-corrected chi connectivity index (χ0v) is 8.79. The molecule has 1 heterocycles. The van der Waals surface area contributed by atoms with Gasteiger partial charge in [-0.15, -0.1) is 0 Å². The Balaban J connectivity index is 2.44. The summed E-state index contributed by atoms with van der Waals surface area (Å²) < 4.78 is 2.04. The Morgan fingerprint density at radius 3 is 2.92 bits per heavy atom. The molecule has 2 rings (SSSR count). The number of carbonyl (C=O) groups excluding carboxylic acids is 1. The van der Waals surface area contributed by atoms with E-state index in [2.05, 4.69) is 10.3 Å². The van der Waals surface area contributed by atoms with Crippen molar-refractivity contribution in [3.63, 3.8) is 0 Å². The van der Waals surface area contributed by atoms with Crippen LogP contribution in [0.5, 0.6) is 0 Å². The zero-order valence-electron chi connectivity index (χ0n) is 7.07. The van der Waals surface area contributed by atoms with Crippen LogP contribution in [0.15, 0.2) is 24.3 Å². The topological polar surface area (TPSA) is 42.0 Å². The van der Waals surface area contributed by atoms with Gasteiger partial charge in [0.25, 0.3) is 0 Å². The van der Waals surface area contributed by atoms with Gasteiger partial charge in [0.05, 0.1) is 0 Å². The quantitative estimate of drug-likeness (QED) is 0.761. The van der Waals surface area contributed by atoms with Crippen molar-refractivity contribution in [2.24, 2.45) is 0 Å². The third-order valence-electron chi connectivity index (χ3n) is 1.58. The fourth-order valence-electron chi connectivity index (χ4n) is 1.08. The Morgan fingerprint density at radius 2 is 2.23 bits per heavy atom. The summed E-state index contributed by atoms with van der Waals surface area (Å²) in [5.74, 6) is -0.0477. The second-order valence-electron chi connectivity index (χ2n) is 2.67. The van der Waals surface area contributed by atoms with Gasteiger partial charge >= 0.3 is 81.2 Å². The number of rotatable bonds is 1. The van der Waals surface area contributed by atoms with E-state index < -0.39 is 0 Å². The van der Waals surface area contributed by atoms with E-state index in [-0.39, 0.29) is 20.4 Å². The molecule has 0 saturated heterocycles. The molecule has 1 N–H and O–H groups in total. The van der Waals surface area contributed by atoms with Crippen LogP contribution in [-0.4, -0.2) is 25.4 Å². The van der Waals surface area contributed by atoms with E-state index in [1.165, 1.54) is 11.2 Å². The number of benzene rings is 1. The summed E-state index contributed by atoms with van der Waals surface area (Å²) in [6.07, 6.45) is 0. The number of nitrogens with one attached hydrogen (secondary N) is 1. The summed E-state index contributed by atoms with van der Waals surface area (Å²) in [5, 5.41) is 2.73. The molecule has 1 aromatic carbocycles. The summed E-state index contributed by atoms with van der Waals surface area (Å²) in [4.78, 5) is 15.1. The first-order valence-corrected chi connectivity index (χ1v) is 5.60. The average molecular weight is 239 g/mol. The molecule has 0 fully saturated rings. The van der Waals surface area contributed by atoms with Gasteiger partial charge in [0.1, 0.15) is 0 Å². The molecule has 0 aliphatic carbocycles. The SMILES string of the molecule is CC(=O)Nc1nc2ccccc2[se]1. The van der Waals surface area contributed by atoms with Gasteiger partial charge in [-0.2, -0.15) is 0 Å². The van der Waals surface area contributed by atoms with Crippen LogP contribution < -0.4 is 5.32 Å². The number of hydrogen-bond donors (Lipinski definition) is 1. The van der Waals surface area contributed by atoms with Crippen molar-refractivity contribution >= 4 is 34.9 Å². The van der Waals surface area contributed by atoms with Gasteiger partial charge in [0.2, 0.25) is 0 Å². The minimum absolute atomic E-state index is 0.0477. The van der Waals surface area contributed by atoms with Crippen LogP contribution in [0.2, 0.25) is 0 Å². The molecule has 0 radical (unpaired) electrons. The van der Waals surface area contributed by atoms with E-state index in [0.29, 0.717) is 0 Å². The van der Waals surface area contributed by atoms with Gasteiger partial charge < -0.3 is 0 Å². The van der Waals surface area contributed by atoms with Crippen molar-refractivity contribution in [3.8, 4) is 0 Å². The normalized spacial score (nSPS) is 10.2. The third-order valence-corrected chi connectivity index (χ3v) is 3.57. The maximum atomic E-state index is 10.8. The zero-order chi connectivity index (χ0) is 9.26. The summed E-state index contributed by atoms with van der Waals surface area (Å²) in [6, 6.07) is 7.96. The Morgan fingerprint density at radius 1 is 1.46 bits per heavy atom. The van der Waals surface area contributed by atoms with E-state index in [1.807, 2.05) is 24.3 Å². The molecule has 13 heavy (non-hydrogen) atoms. The number of aromatic nitrogens is 1. The van der Waals surface area contributed by atoms with Crippen molar-refractivity contribution in [1.82, 2.24) is 4.98 Å². The Bertz CT molecular complexity index is 417. The molecule has 0 unspecified atom stereocenters. The number of hydrogen-bond acceptors (Lipinski definition) is 2. The average Bonchev–Trinajstić information content (AvgIpc) is 2.44. The predicted molar refractivity (Wildman–Crippen MR) is 53.0 cm³/mol. The van der Waals surface area contributed by atoms with Crippen LogP contribution in [-0.2, 0) is 4.79 Å². The summed E-state index contributed by atoms with van der Waals surface area (Å²) >= 11 is 0.169. The number of fused-ring (bicyclic) bond motifs is 1. The van der Waals surface area contributed by atoms with Crippen LogP contribution in [0, 0.1) is 0 Å². The van der Waals surface area contributed by atoms with Crippen LogP contribution in [0.4, 0.5) is 4.69 Å². The fraction of sp³-hybridized carbons (Fsp3) is 0.111. The number of anilines is 1. The van der Waals surface area contributed by atoms with Crippen LogP contribution in [0.1, 0.15) is 6.92 Å². The molecule has 66 valence electrons. The van der Waals surface area contributed by atoms with Crippen LogP contribution in [0.25, 0.3) is 9.78 Å². The van der Waals surface area contributed by atoms with Crippen molar-refractivity contribution in [3.05, 3.63) is 24.3 Å². The van der Waals surface area contributed by atoms with E-state index in [0.717, 1.165) is 10.2 Å². The first-order valence-electron chi connectivity index (χ1n) is 3.89. The molecular weight excluding hydrogens is 231 g/mol. The second kappa shape index (κ2) is 3.32. The fourth-order valence-corrected chi connectivity index (χ4v) is 2.99. The van der Waals surface area contributed by atoms with Gasteiger partial charge in [-0.1, -0.05) is 0 Å².